The van der Waals surface area contributed by atoms with Gasteiger partial charge in [-0.3, -0.25) is 9.69 Å². The number of hydrogen-bond donors (Lipinski definition) is 1. The molecule has 1 N–H and O–H groups in total. The first kappa shape index (κ1) is 14.8. The van der Waals surface area contributed by atoms with Crippen LogP contribution in [0.15, 0.2) is 21.3 Å². The Morgan fingerprint density at radius 2 is 2.18 bits per heavy atom. The molecule has 0 radical (unpaired) electrons. The highest BCUT2D eigenvalue weighted by Crippen LogP contribution is 2.26. The smallest absolute Gasteiger partial charge is 0.449 e. The molecule has 0 amide bonds. The molecule has 3 rings (SSSR count). The molecule has 1 aliphatic rings. The Morgan fingerprint density at radius 3 is 2.82 bits per heavy atom. The Bertz CT molecular complexity index is 749. The average molecular weight is 313 g/mol. The summed E-state index contributed by atoms with van der Waals surface area (Å²) in [5, 5.41) is 0. The molecule has 0 aliphatic carbocycles. The largest absolute Gasteiger partial charge is 0.465 e. The van der Waals surface area contributed by atoms with Crippen LogP contribution in [0.4, 0.5) is 13.2 Å². The van der Waals surface area contributed by atoms with Crippen LogP contribution in [-0.2, 0) is 25.7 Å². The van der Waals surface area contributed by atoms with E-state index >= 15 is 0 Å². The Kier molecular flexibility index (Phi) is 3.56. The summed E-state index contributed by atoms with van der Waals surface area (Å²) in [6.07, 6.45) is -4.33. The molecule has 0 fully saturated rings. The molecule has 0 atom stereocenters. The SMILES string of the molecule is Cc1ccc(CN2CCc3nc(C(F)(F)F)[nH]c(=O)c3C2)o1. The van der Waals surface area contributed by atoms with Gasteiger partial charge in [-0.05, 0) is 19.1 Å². The molecule has 2 aromatic heterocycles. The van der Waals surface area contributed by atoms with Gasteiger partial charge in [-0.25, -0.2) is 4.98 Å². The monoisotopic (exact) mass is 313 g/mol. The van der Waals surface area contributed by atoms with Crippen LogP contribution in [0, 0.1) is 6.92 Å². The second-order valence-electron chi connectivity index (χ2n) is 5.31. The predicted molar refractivity (Wildman–Crippen MR) is 71.1 cm³/mol. The lowest BCUT2D eigenvalue weighted by molar-refractivity contribution is -0.145. The third-order valence-corrected chi connectivity index (χ3v) is 3.59. The number of aromatic nitrogens is 2. The number of aromatic amines is 1. The average Bonchev–Trinajstić information content (AvgIpc) is 2.83. The van der Waals surface area contributed by atoms with E-state index in [1.165, 1.54) is 0 Å². The van der Waals surface area contributed by atoms with Crippen molar-refractivity contribution in [1.29, 1.82) is 0 Å². The molecule has 8 heteroatoms. The highest BCUT2D eigenvalue weighted by Gasteiger charge is 2.35. The molecular formula is C14H14F3N3O2. The van der Waals surface area contributed by atoms with E-state index in [1.54, 1.807) is 0 Å². The number of furan rings is 1. The van der Waals surface area contributed by atoms with Crippen molar-refractivity contribution in [3.8, 4) is 0 Å². The Balaban J connectivity index is 1.83. The number of halogens is 3. The number of nitrogens with zero attached hydrogens (tertiary/aromatic N) is 2. The Hall–Kier alpha value is -2.09. The van der Waals surface area contributed by atoms with Crippen LogP contribution < -0.4 is 5.56 Å². The fourth-order valence-electron chi connectivity index (χ4n) is 2.54. The van der Waals surface area contributed by atoms with Gasteiger partial charge in [0.15, 0.2) is 0 Å². The number of alkyl halides is 3. The molecular weight excluding hydrogens is 299 g/mol. The fraction of sp³-hybridized carbons (Fsp3) is 0.429. The van der Waals surface area contributed by atoms with Gasteiger partial charge in [0.25, 0.3) is 5.56 Å². The number of fused-ring (bicyclic) bond motifs is 1. The summed E-state index contributed by atoms with van der Waals surface area (Å²) in [6.45, 7) is 3.13. The maximum atomic E-state index is 12.6. The summed E-state index contributed by atoms with van der Waals surface area (Å²) in [7, 11) is 0. The minimum absolute atomic E-state index is 0.225. The van der Waals surface area contributed by atoms with Gasteiger partial charge in [-0.1, -0.05) is 0 Å². The number of aryl methyl sites for hydroxylation is 1. The van der Waals surface area contributed by atoms with Crippen molar-refractivity contribution >= 4 is 0 Å². The number of H-pyrrole nitrogens is 1. The lowest BCUT2D eigenvalue weighted by atomic mass is 10.1. The van der Waals surface area contributed by atoms with Gasteiger partial charge in [0, 0.05) is 19.5 Å². The Morgan fingerprint density at radius 1 is 1.41 bits per heavy atom. The van der Waals surface area contributed by atoms with Crippen molar-refractivity contribution in [2.24, 2.45) is 0 Å². The topological polar surface area (TPSA) is 62.1 Å². The Labute approximate surface area is 123 Å². The van der Waals surface area contributed by atoms with E-state index < -0.39 is 17.6 Å². The van der Waals surface area contributed by atoms with Crippen LogP contribution in [0.2, 0.25) is 0 Å². The molecule has 22 heavy (non-hydrogen) atoms. The van der Waals surface area contributed by atoms with E-state index in [1.807, 2.05) is 28.9 Å². The molecule has 0 unspecified atom stereocenters. The molecule has 0 saturated heterocycles. The molecule has 0 spiro atoms. The third-order valence-electron chi connectivity index (χ3n) is 3.59. The van der Waals surface area contributed by atoms with Crippen molar-refractivity contribution in [3.05, 3.63) is 51.1 Å². The van der Waals surface area contributed by atoms with Crippen molar-refractivity contribution in [1.82, 2.24) is 14.9 Å². The first-order valence-electron chi connectivity index (χ1n) is 6.80. The standard InChI is InChI=1S/C14H14F3N3O2/c1-8-2-3-9(22-8)6-20-5-4-11-10(7-20)12(21)19-13(18-11)14(15,16)17/h2-3H,4-7H2,1H3,(H,18,19,21). The zero-order valence-electron chi connectivity index (χ0n) is 11.8. The van der Waals surface area contributed by atoms with Crippen LogP contribution in [0.1, 0.15) is 28.6 Å². The second-order valence-corrected chi connectivity index (χ2v) is 5.31. The summed E-state index contributed by atoms with van der Waals surface area (Å²) >= 11 is 0. The summed E-state index contributed by atoms with van der Waals surface area (Å²) in [6, 6.07) is 3.69. The molecule has 2 aromatic rings. The van der Waals surface area contributed by atoms with E-state index in [0.717, 1.165) is 11.5 Å². The lowest BCUT2D eigenvalue weighted by Gasteiger charge is -2.26. The minimum Gasteiger partial charge on any atom is -0.465 e. The number of hydrogen-bond acceptors (Lipinski definition) is 4. The summed E-state index contributed by atoms with van der Waals surface area (Å²) in [5.41, 5.74) is -0.205. The summed E-state index contributed by atoms with van der Waals surface area (Å²) < 4.78 is 43.4. The van der Waals surface area contributed by atoms with Gasteiger partial charge in [-0.2, -0.15) is 13.2 Å². The van der Waals surface area contributed by atoms with E-state index in [9.17, 15) is 18.0 Å². The van der Waals surface area contributed by atoms with Crippen LogP contribution in [0.5, 0.6) is 0 Å². The van der Waals surface area contributed by atoms with E-state index in [2.05, 4.69) is 4.98 Å². The van der Waals surface area contributed by atoms with Crippen molar-refractivity contribution in [2.75, 3.05) is 6.54 Å². The van der Waals surface area contributed by atoms with Crippen molar-refractivity contribution in [2.45, 2.75) is 32.6 Å². The van der Waals surface area contributed by atoms with Gasteiger partial charge in [-0.15, -0.1) is 0 Å². The fourth-order valence-corrected chi connectivity index (χ4v) is 2.54. The van der Waals surface area contributed by atoms with Crippen LogP contribution in [-0.4, -0.2) is 21.4 Å². The maximum absolute atomic E-state index is 12.6. The van der Waals surface area contributed by atoms with E-state index in [0.29, 0.717) is 25.1 Å². The van der Waals surface area contributed by atoms with Gasteiger partial charge in [0.2, 0.25) is 5.82 Å². The van der Waals surface area contributed by atoms with E-state index in [-0.39, 0.29) is 12.2 Å². The zero-order valence-corrected chi connectivity index (χ0v) is 11.8. The normalized spacial score (nSPS) is 15.8. The van der Waals surface area contributed by atoms with Gasteiger partial charge < -0.3 is 9.40 Å². The zero-order chi connectivity index (χ0) is 15.9. The predicted octanol–water partition coefficient (Wildman–Crippen LogP) is 2.25. The summed E-state index contributed by atoms with van der Waals surface area (Å²) in [5.74, 6) is 0.324. The van der Waals surface area contributed by atoms with Gasteiger partial charge in [0.1, 0.15) is 11.5 Å². The molecule has 0 aromatic carbocycles. The second kappa shape index (κ2) is 5.28. The first-order valence-corrected chi connectivity index (χ1v) is 6.80. The minimum atomic E-state index is -4.64. The van der Waals surface area contributed by atoms with Crippen LogP contribution in [0.25, 0.3) is 0 Å². The maximum Gasteiger partial charge on any atom is 0.449 e. The van der Waals surface area contributed by atoms with Crippen molar-refractivity contribution < 1.29 is 17.6 Å². The number of rotatable bonds is 2. The highest BCUT2D eigenvalue weighted by molar-refractivity contribution is 5.21. The number of nitrogens with one attached hydrogen (secondary N) is 1. The van der Waals surface area contributed by atoms with Crippen LogP contribution >= 0.6 is 0 Å². The molecule has 0 saturated carbocycles. The first-order chi connectivity index (χ1) is 10.3. The molecule has 3 heterocycles. The van der Waals surface area contributed by atoms with Crippen molar-refractivity contribution in [3.63, 3.8) is 0 Å². The van der Waals surface area contributed by atoms with Gasteiger partial charge >= 0.3 is 6.18 Å². The summed E-state index contributed by atoms with van der Waals surface area (Å²) in [4.78, 5) is 19.2. The van der Waals surface area contributed by atoms with Crippen LogP contribution in [0.3, 0.4) is 0 Å². The molecule has 1 aliphatic heterocycles. The molecule has 118 valence electrons. The lowest BCUT2D eigenvalue weighted by Crippen LogP contribution is -2.36. The quantitative estimate of drug-likeness (QED) is 0.924. The van der Waals surface area contributed by atoms with Gasteiger partial charge in [0.05, 0.1) is 17.8 Å². The molecule has 0 bridgehead atoms. The highest BCUT2D eigenvalue weighted by atomic mass is 19.4. The van der Waals surface area contributed by atoms with E-state index in [4.69, 9.17) is 4.42 Å². The third kappa shape index (κ3) is 2.92. The molecule has 5 nitrogen and oxygen atoms in total.